The Morgan fingerprint density at radius 2 is 1.95 bits per heavy atom. The number of anilines is 1. The fourth-order valence-electron chi connectivity index (χ4n) is 2.06. The zero-order chi connectivity index (χ0) is 15.0. The number of para-hydroxylation sites is 1. The summed E-state index contributed by atoms with van der Waals surface area (Å²) < 4.78 is 0. The SMILES string of the molecule is O=C1Nc2c(Cl)cccc2C1=Nc1cccc([N+](=O)[O-])c1. The molecule has 1 aliphatic rings. The molecule has 2 aromatic carbocycles. The van der Waals surface area contributed by atoms with E-state index < -0.39 is 4.92 Å². The molecule has 0 saturated heterocycles. The second-order valence-electron chi connectivity index (χ2n) is 4.35. The van der Waals surface area contributed by atoms with Gasteiger partial charge in [0.2, 0.25) is 0 Å². The number of hydrogen-bond acceptors (Lipinski definition) is 4. The van der Waals surface area contributed by atoms with Gasteiger partial charge in [0, 0.05) is 17.7 Å². The minimum atomic E-state index is -0.511. The molecule has 1 aliphatic heterocycles. The molecule has 6 nitrogen and oxygen atoms in total. The third-order valence-electron chi connectivity index (χ3n) is 3.00. The number of nitro groups is 1. The summed E-state index contributed by atoms with van der Waals surface area (Å²) in [5, 5.41) is 13.8. The van der Waals surface area contributed by atoms with Crippen molar-refractivity contribution in [3.8, 4) is 0 Å². The highest BCUT2D eigenvalue weighted by molar-refractivity contribution is 6.55. The molecule has 21 heavy (non-hydrogen) atoms. The molecule has 1 amide bonds. The van der Waals surface area contributed by atoms with Crippen molar-refractivity contribution < 1.29 is 9.72 Å². The van der Waals surface area contributed by atoms with Crippen molar-refractivity contribution in [2.24, 2.45) is 4.99 Å². The lowest BCUT2D eigenvalue weighted by Gasteiger charge is -1.99. The van der Waals surface area contributed by atoms with Crippen LogP contribution in [-0.2, 0) is 4.79 Å². The lowest BCUT2D eigenvalue weighted by molar-refractivity contribution is -0.384. The number of amides is 1. The molecule has 7 heteroatoms. The average molecular weight is 302 g/mol. The number of carbonyl (C=O) groups excluding carboxylic acids is 1. The van der Waals surface area contributed by atoms with Crippen LogP contribution in [0.25, 0.3) is 0 Å². The summed E-state index contributed by atoms with van der Waals surface area (Å²) in [7, 11) is 0. The van der Waals surface area contributed by atoms with Gasteiger partial charge in [-0.25, -0.2) is 4.99 Å². The van der Waals surface area contributed by atoms with E-state index in [4.69, 9.17) is 11.6 Å². The molecule has 0 bridgehead atoms. The van der Waals surface area contributed by atoms with E-state index in [9.17, 15) is 14.9 Å². The number of nitrogens with one attached hydrogen (secondary N) is 1. The van der Waals surface area contributed by atoms with Crippen LogP contribution in [-0.4, -0.2) is 16.5 Å². The Balaban J connectivity index is 2.09. The average Bonchev–Trinajstić information content (AvgIpc) is 2.78. The highest BCUT2D eigenvalue weighted by Crippen LogP contribution is 2.32. The van der Waals surface area contributed by atoms with E-state index in [1.165, 1.54) is 18.2 Å². The van der Waals surface area contributed by atoms with Gasteiger partial charge >= 0.3 is 0 Å². The first-order chi connectivity index (χ1) is 10.1. The van der Waals surface area contributed by atoms with Crippen LogP contribution < -0.4 is 5.32 Å². The van der Waals surface area contributed by atoms with Crippen LogP contribution in [0.5, 0.6) is 0 Å². The molecule has 0 atom stereocenters. The van der Waals surface area contributed by atoms with E-state index >= 15 is 0 Å². The summed E-state index contributed by atoms with van der Waals surface area (Å²) in [5.74, 6) is -0.385. The van der Waals surface area contributed by atoms with Crippen LogP contribution in [0.4, 0.5) is 17.1 Å². The smallest absolute Gasteiger partial charge is 0.275 e. The van der Waals surface area contributed by atoms with Crippen molar-refractivity contribution in [3.63, 3.8) is 0 Å². The number of benzene rings is 2. The van der Waals surface area contributed by atoms with E-state index in [-0.39, 0.29) is 17.3 Å². The second-order valence-corrected chi connectivity index (χ2v) is 4.76. The number of rotatable bonds is 2. The largest absolute Gasteiger partial charge is 0.319 e. The van der Waals surface area contributed by atoms with E-state index in [2.05, 4.69) is 10.3 Å². The van der Waals surface area contributed by atoms with Crippen LogP contribution in [0.15, 0.2) is 47.5 Å². The van der Waals surface area contributed by atoms with Crippen molar-refractivity contribution >= 4 is 40.3 Å². The van der Waals surface area contributed by atoms with Gasteiger partial charge in [-0.2, -0.15) is 0 Å². The second kappa shape index (κ2) is 4.99. The van der Waals surface area contributed by atoms with Crippen LogP contribution in [0.3, 0.4) is 0 Å². The number of halogens is 1. The van der Waals surface area contributed by atoms with Crippen molar-refractivity contribution in [3.05, 3.63) is 63.2 Å². The summed E-state index contributed by atoms with van der Waals surface area (Å²) in [6, 6.07) is 10.9. The number of nitrogens with zero attached hydrogens (tertiary/aromatic N) is 2. The van der Waals surface area contributed by atoms with Crippen molar-refractivity contribution in [2.45, 2.75) is 0 Å². The fraction of sp³-hybridized carbons (Fsp3) is 0. The molecule has 0 fully saturated rings. The minimum Gasteiger partial charge on any atom is -0.319 e. The Bertz CT molecular complexity index is 802. The fourth-order valence-corrected chi connectivity index (χ4v) is 2.28. The van der Waals surface area contributed by atoms with Gasteiger partial charge in [0.1, 0.15) is 5.71 Å². The quantitative estimate of drug-likeness (QED) is 0.682. The maximum absolute atomic E-state index is 12.0. The van der Waals surface area contributed by atoms with Gasteiger partial charge in [-0.3, -0.25) is 14.9 Å². The first-order valence-electron chi connectivity index (χ1n) is 5.99. The summed E-state index contributed by atoms with van der Waals surface area (Å²) in [4.78, 5) is 26.4. The Morgan fingerprint density at radius 1 is 1.19 bits per heavy atom. The third-order valence-corrected chi connectivity index (χ3v) is 3.32. The summed E-state index contributed by atoms with van der Waals surface area (Å²) in [5.41, 5.74) is 1.53. The Kier molecular flexibility index (Phi) is 3.15. The van der Waals surface area contributed by atoms with E-state index in [1.807, 2.05) is 0 Å². The predicted molar refractivity (Wildman–Crippen MR) is 79.4 cm³/mol. The van der Waals surface area contributed by atoms with Gasteiger partial charge in [0.15, 0.2) is 0 Å². The predicted octanol–water partition coefficient (Wildman–Crippen LogP) is 3.32. The summed E-state index contributed by atoms with van der Waals surface area (Å²) in [6.07, 6.45) is 0. The molecule has 0 spiro atoms. The molecule has 0 aliphatic carbocycles. The first kappa shape index (κ1) is 13.3. The topological polar surface area (TPSA) is 84.6 Å². The van der Waals surface area contributed by atoms with Gasteiger partial charge in [-0.1, -0.05) is 29.8 Å². The van der Waals surface area contributed by atoms with Gasteiger partial charge in [-0.05, 0) is 12.1 Å². The molecule has 0 aromatic heterocycles. The Labute approximate surface area is 124 Å². The lowest BCUT2D eigenvalue weighted by Crippen LogP contribution is -2.13. The van der Waals surface area contributed by atoms with E-state index in [0.717, 1.165) is 0 Å². The normalized spacial score (nSPS) is 14.9. The van der Waals surface area contributed by atoms with E-state index in [1.54, 1.807) is 24.3 Å². The van der Waals surface area contributed by atoms with Gasteiger partial charge in [0.05, 0.1) is 21.3 Å². The lowest BCUT2D eigenvalue weighted by atomic mass is 10.1. The number of aliphatic imine (C=N–C) groups is 1. The Morgan fingerprint density at radius 3 is 2.71 bits per heavy atom. The highest BCUT2D eigenvalue weighted by Gasteiger charge is 2.27. The highest BCUT2D eigenvalue weighted by atomic mass is 35.5. The van der Waals surface area contributed by atoms with Crippen molar-refractivity contribution in [2.75, 3.05) is 5.32 Å². The van der Waals surface area contributed by atoms with E-state index in [0.29, 0.717) is 22.0 Å². The van der Waals surface area contributed by atoms with Crippen LogP contribution in [0, 0.1) is 10.1 Å². The Hall–Kier alpha value is -2.73. The van der Waals surface area contributed by atoms with Crippen LogP contribution in [0.1, 0.15) is 5.56 Å². The zero-order valence-electron chi connectivity index (χ0n) is 10.5. The maximum atomic E-state index is 12.0. The molecule has 0 unspecified atom stereocenters. The molecule has 1 N–H and O–H groups in total. The van der Waals surface area contributed by atoms with Crippen molar-refractivity contribution in [1.82, 2.24) is 0 Å². The van der Waals surface area contributed by atoms with Crippen LogP contribution >= 0.6 is 11.6 Å². The monoisotopic (exact) mass is 301 g/mol. The molecule has 104 valence electrons. The molecule has 0 saturated carbocycles. The first-order valence-corrected chi connectivity index (χ1v) is 6.37. The third kappa shape index (κ3) is 2.36. The standard InChI is InChI=1S/C14H8ClN3O3/c15-11-6-2-5-10-12(11)17-14(19)13(10)16-8-3-1-4-9(7-8)18(20)21/h1-7H,(H,16,17,19). The molecule has 1 heterocycles. The van der Waals surface area contributed by atoms with Gasteiger partial charge < -0.3 is 5.32 Å². The van der Waals surface area contributed by atoms with Crippen LogP contribution in [0.2, 0.25) is 5.02 Å². The summed E-state index contributed by atoms with van der Waals surface area (Å²) >= 11 is 6.01. The minimum absolute atomic E-state index is 0.0819. The number of fused-ring (bicyclic) bond motifs is 1. The van der Waals surface area contributed by atoms with Gasteiger partial charge in [-0.15, -0.1) is 0 Å². The summed E-state index contributed by atoms with van der Waals surface area (Å²) in [6.45, 7) is 0. The maximum Gasteiger partial charge on any atom is 0.275 e. The van der Waals surface area contributed by atoms with Crippen molar-refractivity contribution in [1.29, 1.82) is 0 Å². The molecular formula is C14H8ClN3O3. The molecule has 2 aromatic rings. The number of hydrogen-bond donors (Lipinski definition) is 1. The zero-order valence-corrected chi connectivity index (χ0v) is 11.3. The number of non-ortho nitro benzene ring substituents is 1. The number of nitro benzene ring substituents is 1. The molecule has 0 radical (unpaired) electrons. The number of carbonyl (C=O) groups is 1. The molecule has 3 rings (SSSR count). The van der Waals surface area contributed by atoms with Gasteiger partial charge in [0.25, 0.3) is 11.6 Å². The molecular weight excluding hydrogens is 294 g/mol.